The first kappa shape index (κ1) is 11.3. The van der Waals surface area contributed by atoms with Crippen LogP contribution in [0.5, 0.6) is 0 Å². The number of nitrogens with two attached hydrogens (primary N) is 1. The number of benzene rings is 1. The fraction of sp³-hybridized carbons (Fsp3) is 0.250. The van der Waals surface area contributed by atoms with Gasteiger partial charge in [-0.3, -0.25) is 4.79 Å². The molecule has 3 heteroatoms. The van der Waals surface area contributed by atoms with E-state index in [1.807, 2.05) is 13.0 Å². The number of hydrogen-bond acceptors (Lipinski definition) is 2. The molecule has 0 heterocycles. The fourth-order valence-corrected chi connectivity index (χ4v) is 1.34. The van der Waals surface area contributed by atoms with Crippen molar-refractivity contribution in [1.82, 2.24) is 4.90 Å². The molecule has 0 aromatic heterocycles. The van der Waals surface area contributed by atoms with Gasteiger partial charge in [-0.15, -0.1) is 6.58 Å². The second kappa shape index (κ2) is 4.64. The molecule has 0 fully saturated rings. The normalized spacial score (nSPS) is 9.73. The van der Waals surface area contributed by atoms with Crippen LogP contribution in [0.25, 0.3) is 0 Å². The van der Waals surface area contributed by atoms with E-state index in [-0.39, 0.29) is 5.91 Å². The van der Waals surface area contributed by atoms with Gasteiger partial charge in [0, 0.05) is 19.3 Å². The van der Waals surface area contributed by atoms with Crippen molar-refractivity contribution in [1.29, 1.82) is 0 Å². The lowest BCUT2D eigenvalue weighted by atomic mass is 10.1. The Morgan fingerprint density at radius 2 is 2.27 bits per heavy atom. The highest BCUT2D eigenvalue weighted by Gasteiger charge is 2.13. The van der Waals surface area contributed by atoms with Crippen LogP contribution < -0.4 is 5.73 Å². The molecule has 15 heavy (non-hydrogen) atoms. The van der Waals surface area contributed by atoms with E-state index in [4.69, 9.17) is 5.73 Å². The van der Waals surface area contributed by atoms with Crippen LogP contribution in [0.15, 0.2) is 30.9 Å². The van der Waals surface area contributed by atoms with Crippen molar-refractivity contribution in [3.05, 3.63) is 42.0 Å². The summed E-state index contributed by atoms with van der Waals surface area (Å²) in [7, 11) is 1.73. The van der Waals surface area contributed by atoms with Crippen LogP contribution >= 0.6 is 0 Å². The Hall–Kier alpha value is -1.77. The molecule has 1 rings (SSSR count). The number of nitrogens with zero attached hydrogens (tertiary/aromatic N) is 1. The summed E-state index contributed by atoms with van der Waals surface area (Å²) in [6.07, 6.45) is 1.68. The smallest absolute Gasteiger partial charge is 0.255 e. The Morgan fingerprint density at radius 3 is 2.87 bits per heavy atom. The summed E-state index contributed by atoms with van der Waals surface area (Å²) in [5, 5.41) is 0. The maximum absolute atomic E-state index is 11.9. The molecule has 0 spiro atoms. The van der Waals surface area contributed by atoms with E-state index in [2.05, 4.69) is 6.58 Å². The van der Waals surface area contributed by atoms with Gasteiger partial charge >= 0.3 is 0 Å². The molecule has 1 amide bonds. The molecular weight excluding hydrogens is 188 g/mol. The van der Waals surface area contributed by atoms with E-state index >= 15 is 0 Å². The molecule has 0 radical (unpaired) electrons. The minimum atomic E-state index is -0.0731. The van der Waals surface area contributed by atoms with Gasteiger partial charge in [-0.05, 0) is 19.1 Å². The standard InChI is InChI=1S/C12H16N2O/c1-4-7-14(3)12(15)10-8-9(2)5-6-11(10)13/h4-6,8H,1,7,13H2,2-3H3. The highest BCUT2D eigenvalue weighted by Crippen LogP contribution is 2.15. The zero-order valence-corrected chi connectivity index (χ0v) is 9.16. The largest absolute Gasteiger partial charge is 0.398 e. The highest BCUT2D eigenvalue weighted by atomic mass is 16.2. The number of amides is 1. The molecule has 1 aromatic carbocycles. The molecule has 0 aliphatic heterocycles. The molecule has 0 aliphatic carbocycles. The van der Waals surface area contributed by atoms with Gasteiger partial charge < -0.3 is 10.6 Å². The number of aryl methyl sites for hydroxylation is 1. The van der Waals surface area contributed by atoms with Gasteiger partial charge in [-0.25, -0.2) is 0 Å². The SMILES string of the molecule is C=CCN(C)C(=O)c1cc(C)ccc1N. The van der Waals surface area contributed by atoms with E-state index in [1.165, 1.54) is 0 Å². The number of carbonyl (C=O) groups is 1. The highest BCUT2D eigenvalue weighted by molar-refractivity contribution is 5.99. The first-order valence-electron chi connectivity index (χ1n) is 4.78. The Bertz CT molecular complexity index is 385. The quantitative estimate of drug-likeness (QED) is 0.603. The number of anilines is 1. The van der Waals surface area contributed by atoms with Gasteiger partial charge in [0.1, 0.15) is 0 Å². The summed E-state index contributed by atoms with van der Waals surface area (Å²) < 4.78 is 0. The number of likely N-dealkylation sites (N-methyl/N-ethyl adjacent to an activating group) is 1. The van der Waals surface area contributed by atoms with Gasteiger partial charge in [0.05, 0.1) is 5.56 Å². The van der Waals surface area contributed by atoms with Crippen molar-refractivity contribution in [2.75, 3.05) is 19.3 Å². The zero-order valence-electron chi connectivity index (χ0n) is 9.16. The number of hydrogen-bond donors (Lipinski definition) is 1. The van der Waals surface area contributed by atoms with E-state index in [9.17, 15) is 4.79 Å². The minimum absolute atomic E-state index is 0.0731. The summed E-state index contributed by atoms with van der Waals surface area (Å²) in [6.45, 7) is 6.05. The average molecular weight is 204 g/mol. The molecular formula is C12H16N2O. The minimum Gasteiger partial charge on any atom is -0.398 e. The van der Waals surface area contributed by atoms with Crippen molar-refractivity contribution in [2.24, 2.45) is 0 Å². The fourth-order valence-electron chi connectivity index (χ4n) is 1.34. The lowest BCUT2D eigenvalue weighted by Gasteiger charge is -2.16. The van der Waals surface area contributed by atoms with E-state index in [0.29, 0.717) is 17.8 Å². The summed E-state index contributed by atoms with van der Waals surface area (Å²) in [5.74, 6) is -0.0731. The Kier molecular flexibility index (Phi) is 3.50. The topological polar surface area (TPSA) is 46.3 Å². The third-order valence-electron chi connectivity index (χ3n) is 2.19. The molecule has 0 saturated carbocycles. The lowest BCUT2D eigenvalue weighted by Crippen LogP contribution is -2.27. The zero-order chi connectivity index (χ0) is 11.4. The van der Waals surface area contributed by atoms with Crippen LogP contribution in [0, 0.1) is 6.92 Å². The molecule has 80 valence electrons. The van der Waals surface area contributed by atoms with Gasteiger partial charge in [0.15, 0.2) is 0 Å². The Labute approximate surface area is 90.2 Å². The summed E-state index contributed by atoms with van der Waals surface area (Å²) >= 11 is 0. The second-order valence-corrected chi connectivity index (χ2v) is 3.57. The molecule has 3 nitrogen and oxygen atoms in total. The third kappa shape index (κ3) is 2.59. The summed E-state index contributed by atoms with van der Waals surface area (Å²) in [5.41, 5.74) is 7.85. The number of rotatable bonds is 3. The maximum Gasteiger partial charge on any atom is 0.255 e. The van der Waals surface area contributed by atoms with Crippen LogP contribution in [0.3, 0.4) is 0 Å². The average Bonchev–Trinajstić information content (AvgIpc) is 2.21. The molecule has 0 aliphatic rings. The first-order valence-corrected chi connectivity index (χ1v) is 4.78. The van der Waals surface area contributed by atoms with Crippen molar-refractivity contribution in [3.8, 4) is 0 Å². The second-order valence-electron chi connectivity index (χ2n) is 3.57. The van der Waals surface area contributed by atoms with Gasteiger partial charge in [0.25, 0.3) is 5.91 Å². The van der Waals surface area contributed by atoms with Gasteiger partial charge in [0.2, 0.25) is 0 Å². The summed E-state index contributed by atoms with van der Waals surface area (Å²) in [4.78, 5) is 13.5. The van der Waals surface area contributed by atoms with Crippen LogP contribution in [-0.4, -0.2) is 24.4 Å². The van der Waals surface area contributed by atoms with Gasteiger partial charge in [-0.1, -0.05) is 17.7 Å². The van der Waals surface area contributed by atoms with Crippen LogP contribution in [0.1, 0.15) is 15.9 Å². The van der Waals surface area contributed by atoms with Gasteiger partial charge in [-0.2, -0.15) is 0 Å². The lowest BCUT2D eigenvalue weighted by molar-refractivity contribution is 0.0811. The van der Waals surface area contributed by atoms with E-state index in [0.717, 1.165) is 5.56 Å². The molecule has 0 saturated heterocycles. The molecule has 0 bridgehead atoms. The van der Waals surface area contributed by atoms with Crippen molar-refractivity contribution >= 4 is 11.6 Å². The molecule has 0 atom stereocenters. The predicted molar refractivity (Wildman–Crippen MR) is 62.7 cm³/mol. The van der Waals surface area contributed by atoms with Crippen molar-refractivity contribution in [2.45, 2.75) is 6.92 Å². The summed E-state index contributed by atoms with van der Waals surface area (Å²) in [6, 6.07) is 5.45. The van der Waals surface area contributed by atoms with Crippen LogP contribution in [-0.2, 0) is 0 Å². The first-order chi connectivity index (χ1) is 7.06. The Balaban J connectivity index is 2.99. The number of nitrogen functional groups attached to an aromatic ring is 1. The van der Waals surface area contributed by atoms with Crippen LogP contribution in [0.4, 0.5) is 5.69 Å². The van der Waals surface area contributed by atoms with Crippen molar-refractivity contribution in [3.63, 3.8) is 0 Å². The molecule has 0 unspecified atom stereocenters. The predicted octanol–water partition coefficient (Wildman–Crippen LogP) is 1.84. The monoisotopic (exact) mass is 204 g/mol. The molecule has 1 aromatic rings. The maximum atomic E-state index is 11.9. The third-order valence-corrected chi connectivity index (χ3v) is 2.19. The van der Waals surface area contributed by atoms with E-state index < -0.39 is 0 Å². The van der Waals surface area contributed by atoms with E-state index in [1.54, 1.807) is 30.2 Å². The number of carbonyl (C=O) groups excluding carboxylic acids is 1. The molecule has 2 N–H and O–H groups in total. The van der Waals surface area contributed by atoms with Crippen LogP contribution in [0.2, 0.25) is 0 Å². The van der Waals surface area contributed by atoms with Crippen molar-refractivity contribution < 1.29 is 4.79 Å². The Morgan fingerprint density at radius 1 is 1.60 bits per heavy atom.